The molecule has 1 heterocycles. The standard InChI is InChI=1S/C14H10ClNS/c15-12-6-3-5-10(14(12)16)11-8-17-13-7-2-1-4-9(11)13/h1-8H,16H2. The molecule has 1 nitrogen and oxygen atoms in total. The van der Waals surface area contributed by atoms with E-state index in [2.05, 4.69) is 17.5 Å². The first-order chi connectivity index (χ1) is 8.27. The fourth-order valence-electron chi connectivity index (χ4n) is 1.96. The fraction of sp³-hybridized carbons (Fsp3) is 0. The summed E-state index contributed by atoms with van der Waals surface area (Å²) in [5.74, 6) is 0. The molecule has 0 amide bonds. The van der Waals surface area contributed by atoms with E-state index in [4.69, 9.17) is 17.3 Å². The van der Waals surface area contributed by atoms with Gasteiger partial charge in [0.2, 0.25) is 0 Å². The van der Waals surface area contributed by atoms with Crippen molar-refractivity contribution >= 4 is 38.7 Å². The molecule has 0 radical (unpaired) electrons. The van der Waals surface area contributed by atoms with Gasteiger partial charge >= 0.3 is 0 Å². The Balaban J connectivity index is 2.31. The number of hydrogen-bond acceptors (Lipinski definition) is 2. The van der Waals surface area contributed by atoms with Gasteiger partial charge < -0.3 is 5.73 Å². The van der Waals surface area contributed by atoms with Crippen LogP contribution in [0.4, 0.5) is 5.69 Å². The first-order valence-corrected chi connectivity index (χ1v) is 6.54. The molecule has 2 N–H and O–H groups in total. The van der Waals surface area contributed by atoms with Crippen molar-refractivity contribution in [3.05, 3.63) is 52.9 Å². The minimum absolute atomic E-state index is 0.609. The van der Waals surface area contributed by atoms with Crippen molar-refractivity contribution in [2.75, 3.05) is 5.73 Å². The van der Waals surface area contributed by atoms with Crippen LogP contribution >= 0.6 is 22.9 Å². The monoisotopic (exact) mass is 259 g/mol. The van der Waals surface area contributed by atoms with E-state index in [1.807, 2.05) is 30.3 Å². The number of nitrogen functional groups attached to an aromatic ring is 1. The maximum Gasteiger partial charge on any atom is 0.0641 e. The second kappa shape index (κ2) is 4.06. The zero-order valence-electron chi connectivity index (χ0n) is 8.98. The Labute approximate surface area is 108 Å². The van der Waals surface area contributed by atoms with Gasteiger partial charge in [0.1, 0.15) is 0 Å². The van der Waals surface area contributed by atoms with Crippen LogP contribution in [0.25, 0.3) is 21.2 Å². The molecule has 0 saturated heterocycles. The molecular weight excluding hydrogens is 250 g/mol. The van der Waals surface area contributed by atoms with Crippen LogP contribution in [0.1, 0.15) is 0 Å². The lowest BCUT2D eigenvalue weighted by Crippen LogP contribution is -1.90. The molecule has 0 fully saturated rings. The third kappa shape index (κ3) is 1.70. The number of benzene rings is 2. The van der Waals surface area contributed by atoms with Crippen molar-refractivity contribution in [1.29, 1.82) is 0 Å². The molecule has 0 aliphatic carbocycles. The first kappa shape index (κ1) is 10.6. The van der Waals surface area contributed by atoms with Crippen molar-refractivity contribution < 1.29 is 0 Å². The van der Waals surface area contributed by atoms with Gasteiger partial charge in [0.25, 0.3) is 0 Å². The Morgan fingerprint density at radius 1 is 0.941 bits per heavy atom. The lowest BCUT2D eigenvalue weighted by Gasteiger charge is -2.06. The summed E-state index contributed by atoms with van der Waals surface area (Å²) in [6, 6.07) is 14.1. The molecule has 0 unspecified atom stereocenters. The zero-order valence-corrected chi connectivity index (χ0v) is 10.6. The maximum absolute atomic E-state index is 6.06. The van der Waals surface area contributed by atoms with Gasteiger partial charge in [-0.05, 0) is 17.5 Å². The Morgan fingerprint density at radius 3 is 2.65 bits per heavy atom. The van der Waals surface area contributed by atoms with E-state index in [0.717, 1.165) is 11.1 Å². The molecule has 3 aromatic rings. The van der Waals surface area contributed by atoms with Crippen LogP contribution in [0.2, 0.25) is 5.02 Å². The van der Waals surface area contributed by atoms with Crippen molar-refractivity contribution in [3.8, 4) is 11.1 Å². The number of anilines is 1. The highest BCUT2D eigenvalue weighted by Gasteiger charge is 2.10. The highest BCUT2D eigenvalue weighted by molar-refractivity contribution is 7.17. The zero-order chi connectivity index (χ0) is 11.8. The average molecular weight is 260 g/mol. The number of thiophene rings is 1. The quantitative estimate of drug-likeness (QED) is 0.624. The molecule has 1 aromatic heterocycles. The molecule has 2 aromatic carbocycles. The fourth-order valence-corrected chi connectivity index (χ4v) is 3.09. The van der Waals surface area contributed by atoms with Crippen molar-refractivity contribution in [2.24, 2.45) is 0 Å². The van der Waals surface area contributed by atoms with Crippen LogP contribution in [0.5, 0.6) is 0 Å². The molecule has 0 aliphatic rings. The van der Waals surface area contributed by atoms with Crippen LogP contribution < -0.4 is 5.73 Å². The highest BCUT2D eigenvalue weighted by atomic mass is 35.5. The van der Waals surface area contributed by atoms with Crippen molar-refractivity contribution in [2.45, 2.75) is 0 Å². The molecule has 0 saturated carbocycles. The largest absolute Gasteiger partial charge is 0.397 e. The molecule has 0 aliphatic heterocycles. The highest BCUT2D eigenvalue weighted by Crippen LogP contribution is 2.38. The lowest BCUT2D eigenvalue weighted by atomic mass is 10.0. The van der Waals surface area contributed by atoms with Gasteiger partial charge in [0, 0.05) is 21.2 Å². The molecular formula is C14H10ClNS. The van der Waals surface area contributed by atoms with Crippen LogP contribution in [0.15, 0.2) is 47.8 Å². The van der Waals surface area contributed by atoms with Crippen molar-refractivity contribution in [1.82, 2.24) is 0 Å². The van der Waals surface area contributed by atoms with Crippen LogP contribution in [-0.2, 0) is 0 Å². The number of para-hydroxylation sites is 1. The summed E-state index contributed by atoms with van der Waals surface area (Å²) < 4.78 is 1.27. The topological polar surface area (TPSA) is 26.0 Å². The number of hydrogen-bond donors (Lipinski definition) is 1. The van der Waals surface area contributed by atoms with E-state index in [9.17, 15) is 0 Å². The smallest absolute Gasteiger partial charge is 0.0641 e. The lowest BCUT2D eigenvalue weighted by molar-refractivity contribution is 1.66. The number of halogens is 1. The SMILES string of the molecule is Nc1c(Cl)cccc1-c1csc2ccccc12. The summed E-state index contributed by atoms with van der Waals surface area (Å²) in [5, 5.41) is 3.97. The molecule has 17 heavy (non-hydrogen) atoms. The molecule has 3 rings (SSSR count). The Bertz CT molecular complexity index is 688. The van der Waals surface area contributed by atoms with Crippen LogP contribution in [-0.4, -0.2) is 0 Å². The summed E-state index contributed by atoms with van der Waals surface area (Å²) in [6.45, 7) is 0. The molecule has 0 atom stereocenters. The van der Waals surface area contributed by atoms with E-state index >= 15 is 0 Å². The molecule has 3 heteroatoms. The summed E-state index contributed by atoms with van der Waals surface area (Å²) in [7, 11) is 0. The summed E-state index contributed by atoms with van der Waals surface area (Å²) in [6.07, 6.45) is 0. The Kier molecular flexibility index (Phi) is 2.54. The predicted molar refractivity (Wildman–Crippen MR) is 76.7 cm³/mol. The van der Waals surface area contributed by atoms with Gasteiger partial charge in [-0.1, -0.05) is 41.9 Å². The van der Waals surface area contributed by atoms with Gasteiger partial charge in [-0.25, -0.2) is 0 Å². The minimum Gasteiger partial charge on any atom is -0.397 e. The second-order valence-electron chi connectivity index (χ2n) is 3.85. The van der Waals surface area contributed by atoms with E-state index in [1.165, 1.54) is 10.1 Å². The first-order valence-electron chi connectivity index (χ1n) is 5.28. The van der Waals surface area contributed by atoms with Gasteiger partial charge in [-0.3, -0.25) is 0 Å². The third-order valence-corrected chi connectivity index (χ3v) is 4.12. The predicted octanol–water partition coefficient (Wildman–Crippen LogP) is 4.80. The van der Waals surface area contributed by atoms with Crippen molar-refractivity contribution in [3.63, 3.8) is 0 Å². The van der Waals surface area contributed by atoms with Crippen LogP contribution in [0.3, 0.4) is 0 Å². The third-order valence-electron chi connectivity index (χ3n) is 2.82. The van der Waals surface area contributed by atoms with Gasteiger partial charge in [0.05, 0.1) is 10.7 Å². The second-order valence-corrected chi connectivity index (χ2v) is 5.17. The number of fused-ring (bicyclic) bond motifs is 1. The van der Waals surface area contributed by atoms with Crippen LogP contribution in [0, 0.1) is 0 Å². The average Bonchev–Trinajstić information content (AvgIpc) is 2.77. The Morgan fingerprint density at radius 2 is 1.76 bits per heavy atom. The summed E-state index contributed by atoms with van der Waals surface area (Å²) in [5.41, 5.74) is 8.86. The van der Waals surface area contributed by atoms with E-state index in [-0.39, 0.29) is 0 Å². The normalized spacial score (nSPS) is 10.9. The molecule has 84 valence electrons. The van der Waals surface area contributed by atoms with Gasteiger partial charge in [0.15, 0.2) is 0 Å². The molecule has 0 spiro atoms. The van der Waals surface area contributed by atoms with Gasteiger partial charge in [-0.15, -0.1) is 11.3 Å². The molecule has 0 bridgehead atoms. The van der Waals surface area contributed by atoms with E-state index in [0.29, 0.717) is 10.7 Å². The summed E-state index contributed by atoms with van der Waals surface area (Å²) in [4.78, 5) is 0. The Hall–Kier alpha value is -1.51. The summed E-state index contributed by atoms with van der Waals surface area (Å²) >= 11 is 7.79. The maximum atomic E-state index is 6.06. The van der Waals surface area contributed by atoms with E-state index in [1.54, 1.807) is 11.3 Å². The van der Waals surface area contributed by atoms with Gasteiger partial charge in [-0.2, -0.15) is 0 Å². The number of nitrogens with two attached hydrogens (primary N) is 1. The van der Waals surface area contributed by atoms with E-state index < -0.39 is 0 Å². The minimum atomic E-state index is 0.609. The number of rotatable bonds is 1.